The molecule has 0 unspecified atom stereocenters. The molecule has 28 heteroatoms. The summed E-state index contributed by atoms with van der Waals surface area (Å²) in [4.78, 5) is 103. The number of para-hydroxylation sites is 6. The lowest BCUT2D eigenvalue weighted by Gasteiger charge is -2.42. The van der Waals surface area contributed by atoms with E-state index in [2.05, 4.69) is 332 Å². The Labute approximate surface area is 773 Å². The summed E-state index contributed by atoms with van der Waals surface area (Å²) >= 11 is 6.65. The quantitative estimate of drug-likeness (QED) is 0.0428. The Morgan fingerprint density at radius 3 is 1.08 bits per heavy atom. The number of likely N-dealkylation sites (N-methyl/N-ethyl adjacent to an activating group) is 2. The van der Waals surface area contributed by atoms with E-state index in [0.717, 1.165) is 139 Å². The summed E-state index contributed by atoms with van der Waals surface area (Å²) in [6.07, 6.45) is 2.93. The van der Waals surface area contributed by atoms with Gasteiger partial charge in [0, 0.05) is 93.8 Å². The molecule has 8 amide bonds. The number of aromatic nitrogens is 6. The van der Waals surface area contributed by atoms with Crippen molar-refractivity contribution in [2.75, 3.05) is 42.9 Å². The molecule has 6 aliphatic rings. The van der Waals surface area contributed by atoms with E-state index in [1.807, 2.05) is 36.4 Å². The number of urea groups is 2. The van der Waals surface area contributed by atoms with Crippen LogP contribution in [0.5, 0.6) is 0 Å². The van der Waals surface area contributed by atoms with E-state index in [1.165, 1.54) is 90.4 Å². The summed E-state index contributed by atoms with van der Waals surface area (Å²) in [5, 5.41) is 0. The first-order valence-corrected chi connectivity index (χ1v) is 45.1. The third-order valence-corrected chi connectivity index (χ3v) is 27.7. The van der Waals surface area contributed by atoms with Crippen LogP contribution in [0.3, 0.4) is 0 Å². The molecule has 3 saturated heterocycles. The Balaban J connectivity index is 0.000000123. The van der Waals surface area contributed by atoms with Gasteiger partial charge in [0.15, 0.2) is 12.6 Å². The predicted molar refractivity (Wildman–Crippen MR) is 519 cm³/mol. The molecule has 6 aliphatic heterocycles. The van der Waals surface area contributed by atoms with Crippen molar-refractivity contribution < 1.29 is 47.7 Å². The van der Waals surface area contributed by atoms with Crippen LogP contribution in [0.2, 0.25) is 0 Å². The first-order valence-electron chi connectivity index (χ1n) is 42.1. The fourth-order valence-corrected chi connectivity index (χ4v) is 19.8. The van der Waals surface area contributed by atoms with E-state index in [1.54, 1.807) is 12.1 Å². The molecule has 0 radical (unpaired) electrons. The van der Waals surface area contributed by atoms with Crippen molar-refractivity contribution in [3.63, 3.8) is 0 Å². The molecule has 130 heavy (non-hydrogen) atoms. The molecule has 12 aromatic carbocycles. The number of anilines is 9. The van der Waals surface area contributed by atoms with Crippen molar-refractivity contribution in [2.24, 2.45) is 0 Å². The van der Waals surface area contributed by atoms with Crippen molar-refractivity contribution >= 4 is 202 Å². The Morgan fingerprint density at radius 2 is 0.669 bits per heavy atom. The van der Waals surface area contributed by atoms with Crippen LogP contribution >= 0.6 is 51.1 Å². The predicted octanol–water partition coefficient (Wildman–Crippen LogP) is 22.0. The minimum absolute atomic E-state index is 0.0955. The van der Waals surface area contributed by atoms with Gasteiger partial charge < -0.3 is 24.0 Å². The first kappa shape index (κ1) is 88.3. The second-order valence-electron chi connectivity index (χ2n) is 34.9. The molecule has 0 aliphatic carbocycles. The second-order valence-corrected chi connectivity index (χ2v) is 37.3. The molecule has 650 valence electrons. The molecule has 9 heterocycles. The van der Waals surface area contributed by atoms with Gasteiger partial charge in [0.1, 0.15) is 45.1 Å². The molecule has 15 aromatic rings. The lowest BCUT2D eigenvalue weighted by Crippen LogP contribution is -2.52. The van der Waals surface area contributed by atoms with Crippen molar-refractivity contribution in [1.29, 1.82) is 0 Å². The summed E-state index contributed by atoms with van der Waals surface area (Å²) in [6.45, 7) is 22.1. The van der Waals surface area contributed by atoms with Crippen molar-refractivity contribution in [1.82, 2.24) is 45.8 Å². The van der Waals surface area contributed by atoms with Gasteiger partial charge >= 0.3 is 19.2 Å². The van der Waals surface area contributed by atoms with Crippen molar-refractivity contribution in [3.05, 3.63) is 315 Å². The number of aldehydes is 2. The maximum atomic E-state index is 12.8. The third-order valence-electron chi connectivity index (χ3n) is 25.5. The molecular formula is C102H89BBrN13O10S3. The Kier molecular flexibility index (Phi) is 23.6. The Morgan fingerprint density at radius 1 is 0.346 bits per heavy atom. The minimum Gasteiger partial charge on any atom is -0.399 e. The lowest BCUT2D eigenvalue weighted by molar-refractivity contribution is -0.141. The summed E-state index contributed by atoms with van der Waals surface area (Å²) < 4.78 is 39.7. The number of hydrogen-bond donors (Lipinski definition) is 0. The number of hydrogen-bond acceptors (Lipinski definition) is 22. The number of carbonyl (C=O) groups is 8. The molecule has 3 aromatic heterocycles. The standard InChI is InChI=1S/C34H27N5O3S.C28H21N3OS.C27H30BNO2.C7H3BrN2OS.C6H8N2O3/c1-34(2)25-12-8-9-13-27(25)39(22-10-6-5-7-11-22)28-17-15-20(19-26(28)34)23-16-14-21(29-30(23)36-43-35-29)18-24-31(40)37(3)33(42)38(4)32(24)41;1-28(2)22-10-6-7-11-24(22)31(20-8-4-3-5-9-20)25-15-13-18(16-23(25)28)21-14-12-19(17-32)26-27(21)30-33-29-26;1-25(2)21-14-10-11-15-23(21)29(20-12-8-7-9-13-20)24-17-16-19(18-22(24)25)28-30-26(3,4)27(5,6)31-28;8-5-2-1-4(3-11)6-7(5)10-12-9-6;1-7-4(9)3-5(10)8(2)6(7)11/h5-19H,1-4H3;3-17H,1-2H3;7-18H,1-6H3;1-3H;3H2,1-2H3. The Bertz CT molecular complexity index is 7060. The van der Waals surface area contributed by atoms with Gasteiger partial charge in [-0.1, -0.05) is 193 Å². The third kappa shape index (κ3) is 15.6. The van der Waals surface area contributed by atoms with Gasteiger partial charge in [-0.05, 0) is 203 Å². The normalized spacial score (nSPS) is 16.3. The van der Waals surface area contributed by atoms with Gasteiger partial charge in [-0.2, -0.15) is 26.2 Å². The summed E-state index contributed by atoms with van der Waals surface area (Å²) in [5.41, 5.74) is 27.5. The molecule has 21 rings (SSSR count). The topological polar surface area (TPSA) is 255 Å². The SMILES string of the molecule is CC1(C)c2ccccc2N(c2ccccc2)c2ccc(-c3ccc(C=O)c4nsnc34)cc21.CC1(C)c2ccccc2N(c2ccccc2)c2ccc(B3OC(C)(C)C(C)(C)O3)cc21.CN1C(=O)C(=Cc2ccc(-c3ccc4c(c3)C(C)(C)c3ccccc3N4c3ccccc3)c3nsnc23)C(=O)N(C)C1=O.CN1C(=O)CC(=O)N(C)C1=O.O=Cc1ccc(Br)c2nsnc12. The zero-order valence-electron chi connectivity index (χ0n) is 73.8. The van der Waals surface area contributed by atoms with E-state index in [0.29, 0.717) is 38.8 Å². The van der Waals surface area contributed by atoms with Gasteiger partial charge in [0.2, 0.25) is 11.8 Å². The zero-order valence-corrected chi connectivity index (χ0v) is 77.8. The molecule has 3 fully saturated rings. The Hall–Kier alpha value is -13.7. The number of halogens is 1. The molecule has 0 saturated carbocycles. The van der Waals surface area contributed by atoms with Crippen LogP contribution in [0.1, 0.15) is 135 Å². The lowest BCUT2D eigenvalue weighted by atomic mass is 9.69. The smallest absolute Gasteiger partial charge is 0.399 e. The molecule has 0 spiro atoms. The monoisotopic (exact) mass is 1840 g/mol. The fraction of sp³-hybridized carbons (Fsp3) is 0.196. The van der Waals surface area contributed by atoms with Gasteiger partial charge in [0.25, 0.3) is 11.8 Å². The fourth-order valence-electron chi connectivity index (χ4n) is 17.5. The van der Waals surface area contributed by atoms with Gasteiger partial charge in [0.05, 0.1) is 80.5 Å². The zero-order chi connectivity index (χ0) is 91.8. The molecule has 0 atom stereocenters. The van der Waals surface area contributed by atoms with E-state index in [-0.39, 0.29) is 46.6 Å². The van der Waals surface area contributed by atoms with Crippen molar-refractivity contribution in [3.8, 4) is 22.3 Å². The molecule has 0 N–H and O–H groups in total. The average molecular weight is 1840 g/mol. The number of amides is 8. The van der Waals surface area contributed by atoms with Gasteiger partial charge in [-0.15, -0.1) is 0 Å². The number of barbiturate groups is 2. The number of fused-ring (bicyclic) bond motifs is 9. The van der Waals surface area contributed by atoms with Gasteiger partial charge in [-0.3, -0.25) is 48.4 Å². The van der Waals surface area contributed by atoms with Crippen LogP contribution in [0.15, 0.2) is 265 Å². The van der Waals surface area contributed by atoms with Crippen LogP contribution in [-0.2, 0) is 44.7 Å². The number of nitrogens with zero attached hydrogens (tertiary/aromatic N) is 13. The summed E-state index contributed by atoms with van der Waals surface area (Å²) in [6, 6.07) is 87.0. The average Bonchev–Trinajstić information content (AvgIpc) is 0.812. The van der Waals surface area contributed by atoms with Crippen LogP contribution in [-0.4, -0.2) is 141 Å². The highest BCUT2D eigenvalue weighted by molar-refractivity contribution is 9.10. The number of rotatable bonds is 9. The summed E-state index contributed by atoms with van der Waals surface area (Å²) in [7, 11) is 5.06. The highest BCUT2D eigenvalue weighted by atomic mass is 79.9. The van der Waals surface area contributed by atoms with Crippen LogP contribution < -0.4 is 20.2 Å². The van der Waals surface area contributed by atoms with Gasteiger partial charge in [-0.25, -0.2) is 9.59 Å². The van der Waals surface area contributed by atoms with E-state index in [9.17, 15) is 38.4 Å². The van der Waals surface area contributed by atoms with E-state index in [4.69, 9.17) is 9.31 Å². The highest BCUT2D eigenvalue weighted by Gasteiger charge is 2.53. The molecule has 0 bridgehead atoms. The summed E-state index contributed by atoms with van der Waals surface area (Å²) in [5.74, 6) is -2.18. The first-order chi connectivity index (χ1) is 62.3. The highest BCUT2D eigenvalue weighted by Crippen LogP contribution is 2.57. The maximum Gasteiger partial charge on any atom is 0.494 e. The number of imide groups is 4. The minimum atomic E-state index is -0.660. The molecular weight excluding hydrogens is 1750 g/mol. The second kappa shape index (κ2) is 34.7. The maximum absolute atomic E-state index is 12.8. The van der Waals surface area contributed by atoms with Crippen LogP contribution in [0.25, 0.3) is 61.4 Å². The van der Waals surface area contributed by atoms with Crippen LogP contribution in [0, 0.1) is 0 Å². The largest absolute Gasteiger partial charge is 0.494 e. The van der Waals surface area contributed by atoms with E-state index < -0.39 is 35.7 Å². The molecule has 23 nitrogen and oxygen atoms in total. The number of benzene rings is 12. The van der Waals surface area contributed by atoms with Crippen molar-refractivity contribution in [2.45, 2.75) is 103 Å². The van der Waals surface area contributed by atoms with Crippen LogP contribution in [0.4, 0.5) is 60.8 Å². The van der Waals surface area contributed by atoms with E-state index >= 15 is 0 Å². The number of carbonyl (C=O) groups excluding carboxylic acids is 8.